The maximum atomic E-state index is 5.23. The molecule has 3 nitrogen and oxygen atoms in total. The average molecular weight is 201 g/mol. The van der Waals surface area contributed by atoms with Crippen molar-refractivity contribution in [2.24, 2.45) is 5.92 Å². The van der Waals surface area contributed by atoms with Gasteiger partial charge < -0.3 is 14.8 Å². The number of hydrogen-bond acceptors (Lipinski definition) is 3. The summed E-state index contributed by atoms with van der Waals surface area (Å²) in [6.07, 6.45) is 3.82. The van der Waals surface area contributed by atoms with Crippen molar-refractivity contribution in [3.63, 3.8) is 0 Å². The zero-order chi connectivity index (χ0) is 10.4. The number of hydrogen-bond donors (Lipinski definition) is 1. The molecule has 0 spiro atoms. The number of rotatable bonds is 8. The van der Waals surface area contributed by atoms with Gasteiger partial charge in [0.2, 0.25) is 0 Å². The molecule has 0 aromatic heterocycles. The van der Waals surface area contributed by atoms with Crippen LogP contribution in [-0.4, -0.2) is 39.5 Å². The summed E-state index contributed by atoms with van der Waals surface area (Å²) >= 11 is 0. The van der Waals surface area contributed by atoms with E-state index >= 15 is 0 Å². The van der Waals surface area contributed by atoms with Gasteiger partial charge in [0.1, 0.15) is 0 Å². The van der Waals surface area contributed by atoms with Crippen molar-refractivity contribution < 1.29 is 9.47 Å². The second kappa shape index (κ2) is 6.38. The van der Waals surface area contributed by atoms with Gasteiger partial charge in [0.05, 0.1) is 13.2 Å². The van der Waals surface area contributed by atoms with Crippen molar-refractivity contribution in [1.82, 2.24) is 5.32 Å². The van der Waals surface area contributed by atoms with E-state index in [4.69, 9.17) is 9.47 Å². The first kappa shape index (κ1) is 12.0. The van der Waals surface area contributed by atoms with Crippen LogP contribution in [0.3, 0.4) is 0 Å². The third kappa shape index (κ3) is 3.95. The molecule has 84 valence electrons. The van der Waals surface area contributed by atoms with Crippen LogP contribution in [0.5, 0.6) is 0 Å². The van der Waals surface area contributed by atoms with Crippen molar-refractivity contribution in [3.05, 3.63) is 0 Å². The lowest BCUT2D eigenvalue weighted by Crippen LogP contribution is -2.44. The Labute approximate surface area is 87.2 Å². The Hall–Kier alpha value is -0.120. The van der Waals surface area contributed by atoms with Gasteiger partial charge in [-0.05, 0) is 25.2 Å². The summed E-state index contributed by atoms with van der Waals surface area (Å²) in [5.41, 5.74) is 0. The van der Waals surface area contributed by atoms with Gasteiger partial charge in [0.25, 0.3) is 0 Å². The molecule has 0 aromatic carbocycles. The largest absolute Gasteiger partial charge is 0.383 e. The lowest BCUT2D eigenvalue weighted by Gasteiger charge is -2.24. The van der Waals surface area contributed by atoms with Gasteiger partial charge in [-0.2, -0.15) is 0 Å². The summed E-state index contributed by atoms with van der Waals surface area (Å²) in [5.74, 6) is 0.834. The van der Waals surface area contributed by atoms with Crippen molar-refractivity contribution in [2.75, 3.05) is 27.4 Å². The predicted molar refractivity (Wildman–Crippen MR) is 57.5 cm³/mol. The molecule has 0 radical (unpaired) electrons. The topological polar surface area (TPSA) is 30.5 Å². The van der Waals surface area contributed by atoms with Crippen molar-refractivity contribution >= 4 is 0 Å². The lowest BCUT2D eigenvalue weighted by molar-refractivity contribution is 0.122. The SMILES string of the molecule is CCC(COC)NC(COC)C1CC1. The van der Waals surface area contributed by atoms with Crippen LogP contribution >= 0.6 is 0 Å². The Morgan fingerprint density at radius 3 is 2.29 bits per heavy atom. The average Bonchev–Trinajstić information content (AvgIpc) is 2.99. The van der Waals surface area contributed by atoms with Crippen LogP contribution in [0, 0.1) is 5.92 Å². The number of ether oxygens (including phenoxy) is 2. The highest BCUT2D eigenvalue weighted by molar-refractivity contribution is 4.88. The van der Waals surface area contributed by atoms with Crippen LogP contribution in [0.4, 0.5) is 0 Å². The summed E-state index contributed by atoms with van der Waals surface area (Å²) in [4.78, 5) is 0. The van der Waals surface area contributed by atoms with Gasteiger partial charge in [0, 0.05) is 26.3 Å². The zero-order valence-corrected chi connectivity index (χ0v) is 9.58. The molecule has 0 saturated heterocycles. The Balaban J connectivity index is 2.27. The normalized spacial score (nSPS) is 20.8. The molecule has 0 aliphatic heterocycles. The van der Waals surface area contributed by atoms with E-state index < -0.39 is 0 Å². The highest BCUT2D eigenvalue weighted by Gasteiger charge is 2.32. The molecular formula is C11H23NO2. The van der Waals surface area contributed by atoms with Gasteiger partial charge >= 0.3 is 0 Å². The van der Waals surface area contributed by atoms with E-state index in [1.54, 1.807) is 14.2 Å². The standard InChI is InChI=1S/C11H23NO2/c1-4-10(7-13-2)12-11(8-14-3)9-5-6-9/h9-12H,4-8H2,1-3H3. The molecule has 1 aliphatic carbocycles. The van der Waals surface area contributed by atoms with Crippen molar-refractivity contribution in [1.29, 1.82) is 0 Å². The molecular weight excluding hydrogens is 178 g/mol. The second-order valence-electron chi connectivity index (χ2n) is 4.13. The Morgan fingerprint density at radius 1 is 1.21 bits per heavy atom. The minimum absolute atomic E-state index is 0.473. The van der Waals surface area contributed by atoms with Gasteiger partial charge in [0.15, 0.2) is 0 Å². The first-order valence-corrected chi connectivity index (χ1v) is 5.55. The quantitative estimate of drug-likeness (QED) is 0.644. The molecule has 0 amide bonds. The smallest absolute Gasteiger partial charge is 0.0618 e. The Morgan fingerprint density at radius 2 is 1.86 bits per heavy atom. The van der Waals surface area contributed by atoms with E-state index in [2.05, 4.69) is 12.2 Å². The highest BCUT2D eigenvalue weighted by Crippen LogP contribution is 2.33. The van der Waals surface area contributed by atoms with E-state index in [-0.39, 0.29) is 0 Å². The van der Waals surface area contributed by atoms with Crippen LogP contribution in [0.1, 0.15) is 26.2 Å². The molecule has 0 aromatic rings. The molecule has 2 unspecified atom stereocenters. The van der Waals surface area contributed by atoms with E-state index in [1.807, 2.05) is 0 Å². The van der Waals surface area contributed by atoms with E-state index in [9.17, 15) is 0 Å². The van der Waals surface area contributed by atoms with Crippen LogP contribution in [0.15, 0.2) is 0 Å². The molecule has 0 bridgehead atoms. The van der Waals surface area contributed by atoms with Gasteiger partial charge in [-0.3, -0.25) is 0 Å². The summed E-state index contributed by atoms with van der Waals surface area (Å²) in [5, 5.41) is 3.62. The summed E-state index contributed by atoms with van der Waals surface area (Å²) < 4.78 is 10.4. The highest BCUT2D eigenvalue weighted by atomic mass is 16.5. The Kier molecular flexibility index (Phi) is 5.45. The summed E-state index contributed by atoms with van der Waals surface area (Å²) in [6.45, 7) is 3.81. The first-order chi connectivity index (χ1) is 6.81. The van der Waals surface area contributed by atoms with Crippen LogP contribution in [0.25, 0.3) is 0 Å². The fraction of sp³-hybridized carbons (Fsp3) is 1.00. The second-order valence-corrected chi connectivity index (χ2v) is 4.13. The van der Waals surface area contributed by atoms with E-state index in [1.165, 1.54) is 12.8 Å². The third-order valence-electron chi connectivity index (χ3n) is 2.85. The zero-order valence-electron chi connectivity index (χ0n) is 9.58. The van der Waals surface area contributed by atoms with E-state index in [0.29, 0.717) is 12.1 Å². The molecule has 1 fully saturated rings. The fourth-order valence-electron chi connectivity index (χ4n) is 1.79. The minimum Gasteiger partial charge on any atom is -0.383 e. The Bertz CT molecular complexity index is 148. The molecule has 14 heavy (non-hydrogen) atoms. The maximum absolute atomic E-state index is 5.23. The predicted octanol–water partition coefficient (Wildman–Crippen LogP) is 1.43. The molecule has 1 saturated carbocycles. The summed E-state index contributed by atoms with van der Waals surface area (Å²) in [6, 6.07) is 1.00. The van der Waals surface area contributed by atoms with Gasteiger partial charge in [-0.1, -0.05) is 6.92 Å². The summed E-state index contributed by atoms with van der Waals surface area (Å²) in [7, 11) is 3.53. The minimum atomic E-state index is 0.473. The molecule has 3 heteroatoms. The van der Waals surface area contributed by atoms with Crippen molar-refractivity contribution in [2.45, 2.75) is 38.3 Å². The molecule has 1 rings (SSSR count). The maximum Gasteiger partial charge on any atom is 0.0618 e. The lowest BCUT2D eigenvalue weighted by atomic mass is 10.1. The third-order valence-corrected chi connectivity index (χ3v) is 2.85. The van der Waals surface area contributed by atoms with Crippen LogP contribution in [0.2, 0.25) is 0 Å². The van der Waals surface area contributed by atoms with Gasteiger partial charge in [-0.15, -0.1) is 0 Å². The molecule has 1 aliphatic rings. The van der Waals surface area contributed by atoms with E-state index in [0.717, 1.165) is 25.6 Å². The number of nitrogens with one attached hydrogen (secondary N) is 1. The molecule has 2 atom stereocenters. The first-order valence-electron chi connectivity index (χ1n) is 5.55. The van der Waals surface area contributed by atoms with Crippen LogP contribution in [-0.2, 0) is 9.47 Å². The van der Waals surface area contributed by atoms with Crippen molar-refractivity contribution in [3.8, 4) is 0 Å². The molecule has 1 N–H and O–H groups in total. The fourth-order valence-corrected chi connectivity index (χ4v) is 1.79. The monoisotopic (exact) mass is 201 g/mol. The van der Waals surface area contributed by atoms with Crippen LogP contribution < -0.4 is 5.32 Å². The molecule has 0 heterocycles. The number of methoxy groups -OCH3 is 2. The van der Waals surface area contributed by atoms with Gasteiger partial charge in [-0.25, -0.2) is 0 Å².